The molecule has 0 atom stereocenters. The van der Waals surface area contributed by atoms with E-state index in [1.807, 2.05) is 6.92 Å². The van der Waals surface area contributed by atoms with Crippen molar-refractivity contribution in [1.82, 2.24) is 0 Å². The highest BCUT2D eigenvalue weighted by Gasteiger charge is 2.29. The molecule has 2 nitrogen and oxygen atoms in total. The van der Waals surface area contributed by atoms with Gasteiger partial charge in [-0.05, 0) is 18.6 Å². The zero-order valence-electron chi connectivity index (χ0n) is 10.2. The van der Waals surface area contributed by atoms with Crippen LogP contribution in [0.4, 0.5) is 22.0 Å². The van der Waals surface area contributed by atoms with Crippen molar-refractivity contribution in [3.63, 3.8) is 0 Å². The Morgan fingerprint density at radius 2 is 1.53 bits per heavy atom. The number of hydrogen-bond acceptors (Lipinski definition) is 2. The second-order valence-electron chi connectivity index (χ2n) is 3.80. The van der Waals surface area contributed by atoms with E-state index in [2.05, 4.69) is 4.74 Å². The maximum absolute atomic E-state index is 13.4. The summed E-state index contributed by atoms with van der Waals surface area (Å²) in [5.74, 6) is -3.97. The van der Waals surface area contributed by atoms with Crippen molar-refractivity contribution >= 4 is 0 Å². The Labute approximate surface area is 107 Å². The predicted molar refractivity (Wildman–Crippen MR) is 58.3 cm³/mol. The number of unbranched alkanes of at least 4 members (excludes halogenated alkanes) is 1. The summed E-state index contributed by atoms with van der Waals surface area (Å²) >= 11 is 0. The van der Waals surface area contributed by atoms with Crippen LogP contribution in [-0.2, 0) is 0 Å². The van der Waals surface area contributed by atoms with E-state index in [0.29, 0.717) is 6.42 Å². The van der Waals surface area contributed by atoms with Crippen LogP contribution in [0.1, 0.15) is 19.8 Å². The van der Waals surface area contributed by atoms with Gasteiger partial charge in [0, 0.05) is 0 Å². The summed E-state index contributed by atoms with van der Waals surface area (Å²) in [5.41, 5.74) is 0. The van der Waals surface area contributed by atoms with Crippen molar-refractivity contribution in [2.45, 2.75) is 25.9 Å². The first-order valence-electron chi connectivity index (χ1n) is 5.65. The minimum atomic E-state index is -4.61. The topological polar surface area (TPSA) is 18.5 Å². The van der Waals surface area contributed by atoms with Crippen LogP contribution in [-0.4, -0.2) is 19.4 Å². The van der Waals surface area contributed by atoms with Crippen LogP contribution in [0, 0.1) is 11.6 Å². The summed E-state index contributed by atoms with van der Waals surface area (Å²) < 4.78 is 71.7. The molecule has 1 aromatic rings. The summed E-state index contributed by atoms with van der Waals surface area (Å²) in [6.45, 7) is 0.420. The van der Waals surface area contributed by atoms with E-state index >= 15 is 0 Å². The van der Waals surface area contributed by atoms with Crippen LogP contribution in [0.3, 0.4) is 0 Å². The van der Waals surface area contributed by atoms with Gasteiger partial charge in [-0.25, -0.2) is 0 Å². The van der Waals surface area contributed by atoms with Crippen molar-refractivity contribution in [2.24, 2.45) is 0 Å². The van der Waals surface area contributed by atoms with Crippen molar-refractivity contribution in [2.75, 3.05) is 13.2 Å². The van der Waals surface area contributed by atoms with Gasteiger partial charge in [-0.1, -0.05) is 13.3 Å². The smallest absolute Gasteiger partial charge is 0.422 e. The van der Waals surface area contributed by atoms with Crippen LogP contribution < -0.4 is 9.47 Å². The Hall–Kier alpha value is -1.53. The zero-order valence-corrected chi connectivity index (χ0v) is 10.2. The summed E-state index contributed by atoms with van der Waals surface area (Å²) in [6, 6.07) is 1.95. The highest BCUT2D eigenvalue weighted by Crippen LogP contribution is 2.29. The lowest BCUT2D eigenvalue weighted by atomic mass is 10.3. The van der Waals surface area contributed by atoms with Crippen LogP contribution >= 0.6 is 0 Å². The summed E-state index contributed by atoms with van der Waals surface area (Å²) in [7, 11) is 0. The van der Waals surface area contributed by atoms with Crippen molar-refractivity contribution in [3.05, 3.63) is 23.8 Å². The number of rotatable bonds is 6. The Balaban J connectivity index is 2.74. The number of alkyl halides is 3. The summed E-state index contributed by atoms with van der Waals surface area (Å²) in [6.07, 6.45) is -3.14. The molecule has 1 aromatic carbocycles. The number of benzene rings is 1. The second-order valence-corrected chi connectivity index (χ2v) is 3.80. The fourth-order valence-corrected chi connectivity index (χ4v) is 1.22. The molecule has 0 aliphatic heterocycles. The van der Waals surface area contributed by atoms with Crippen LogP contribution in [0.5, 0.6) is 11.5 Å². The average molecular weight is 284 g/mol. The monoisotopic (exact) mass is 284 g/mol. The molecule has 0 amide bonds. The molecule has 108 valence electrons. The maximum atomic E-state index is 13.4. The molecule has 0 unspecified atom stereocenters. The van der Waals surface area contributed by atoms with Crippen LogP contribution in [0.15, 0.2) is 12.1 Å². The fourth-order valence-electron chi connectivity index (χ4n) is 1.22. The molecule has 0 bridgehead atoms. The lowest BCUT2D eigenvalue weighted by Crippen LogP contribution is -2.19. The standard InChI is InChI=1S/C12H13F5O2/c1-2-3-6-18-8-4-5-9(11(14)10(8)13)19-7-12(15,16)17/h4-5H,2-3,6-7H2,1H3. The molecular weight excluding hydrogens is 271 g/mol. The van der Waals surface area contributed by atoms with Gasteiger partial charge in [0.1, 0.15) is 0 Å². The third-order valence-electron chi connectivity index (χ3n) is 2.16. The first-order valence-corrected chi connectivity index (χ1v) is 5.65. The normalized spacial score (nSPS) is 11.5. The van der Waals surface area contributed by atoms with Gasteiger partial charge >= 0.3 is 6.18 Å². The van der Waals surface area contributed by atoms with Gasteiger partial charge in [0.25, 0.3) is 0 Å². The first kappa shape index (κ1) is 15.5. The van der Waals surface area contributed by atoms with Crippen LogP contribution in [0.25, 0.3) is 0 Å². The molecule has 0 saturated heterocycles. The molecule has 0 heterocycles. The lowest BCUT2D eigenvalue weighted by Gasteiger charge is -2.12. The Kier molecular flexibility index (Phi) is 5.38. The van der Waals surface area contributed by atoms with Crippen molar-refractivity contribution in [3.8, 4) is 11.5 Å². The lowest BCUT2D eigenvalue weighted by molar-refractivity contribution is -0.153. The number of ether oxygens (including phenoxy) is 2. The molecule has 0 spiro atoms. The van der Waals surface area contributed by atoms with Gasteiger partial charge in [-0.2, -0.15) is 22.0 Å². The van der Waals surface area contributed by atoms with Gasteiger partial charge in [0.2, 0.25) is 11.6 Å². The van der Waals surface area contributed by atoms with E-state index in [9.17, 15) is 22.0 Å². The van der Waals surface area contributed by atoms with E-state index in [0.717, 1.165) is 18.6 Å². The van der Waals surface area contributed by atoms with Gasteiger partial charge in [-0.3, -0.25) is 0 Å². The molecule has 0 saturated carbocycles. The van der Waals surface area contributed by atoms with Crippen molar-refractivity contribution < 1.29 is 31.4 Å². The minimum Gasteiger partial charge on any atom is -0.490 e. The first-order chi connectivity index (χ1) is 8.85. The third-order valence-corrected chi connectivity index (χ3v) is 2.16. The zero-order chi connectivity index (χ0) is 14.5. The summed E-state index contributed by atoms with van der Waals surface area (Å²) in [4.78, 5) is 0. The molecule has 19 heavy (non-hydrogen) atoms. The van der Waals surface area contributed by atoms with Gasteiger partial charge < -0.3 is 9.47 Å². The van der Waals surface area contributed by atoms with E-state index in [-0.39, 0.29) is 12.4 Å². The quantitative estimate of drug-likeness (QED) is 0.578. The minimum absolute atomic E-state index is 0.204. The third kappa shape index (κ3) is 4.92. The Morgan fingerprint density at radius 3 is 2.00 bits per heavy atom. The molecule has 7 heteroatoms. The predicted octanol–water partition coefficient (Wildman–Crippen LogP) is 4.08. The molecule has 1 rings (SSSR count). The van der Waals surface area contributed by atoms with E-state index in [1.165, 1.54) is 0 Å². The highest BCUT2D eigenvalue weighted by atomic mass is 19.4. The van der Waals surface area contributed by atoms with E-state index in [4.69, 9.17) is 4.74 Å². The molecular formula is C12H13F5O2. The molecule has 0 fully saturated rings. The molecule has 0 radical (unpaired) electrons. The van der Waals surface area contributed by atoms with E-state index in [1.54, 1.807) is 0 Å². The average Bonchev–Trinajstić information content (AvgIpc) is 2.32. The Bertz CT molecular complexity index is 417. The van der Waals surface area contributed by atoms with Gasteiger partial charge in [0.15, 0.2) is 18.1 Å². The SMILES string of the molecule is CCCCOc1ccc(OCC(F)(F)F)c(F)c1F. The molecule has 0 aliphatic carbocycles. The maximum Gasteiger partial charge on any atom is 0.422 e. The number of hydrogen-bond donors (Lipinski definition) is 0. The molecule has 0 aromatic heterocycles. The van der Waals surface area contributed by atoms with E-state index < -0.39 is 30.2 Å². The second kappa shape index (κ2) is 6.58. The summed E-state index contributed by atoms with van der Waals surface area (Å²) in [5, 5.41) is 0. The van der Waals surface area contributed by atoms with Gasteiger partial charge in [0.05, 0.1) is 6.61 Å². The van der Waals surface area contributed by atoms with Gasteiger partial charge in [-0.15, -0.1) is 0 Å². The molecule has 0 N–H and O–H groups in total. The largest absolute Gasteiger partial charge is 0.490 e. The van der Waals surface area contributed by atoms with Crippen molar-refractivity contribution in [1.29, 1.82) is 0 Å². The highest BCUT2D eigenvalue weighted by molar-refractivity contribution is 5.35. The Morgan fingerprint density at radius 1 is 1.00 bits per heavy atom. The molecule has 0 aliphatic rings. The fraction of sp³-hybridized carbons (Fsp3) is 0.500. The number of halogens is 5. The van der Waals surface area contributed by atoms with Crippen LogP contribution in [0.2, 0.25) is 0 Å².